The van der Waals surface area contributed by atoms with Gasteiger partial charge < -0.3 is 9.32 Å². The minimum absolute atomic E-state index is 0.111. The standard InChI is InChI=1S/C22H21NO3/c1-3-4-13-23-19(15-11-9-14(2)10-12-15)18-20(24)16-7-5-6-8-17(16)26-21(18)22(23)25/h5-12,19H,3-4,13H2,1-2H3/t19-/m0/s1. The lowest BCUT2D eigenvalue weighted by Crippen LogP contribution is -2.30. The third-order valence-corrected chi connectivity index (χ3v) is 5.02. The van der Waals surface area contributed by atoms with Crippen LogP contribution in [0.5, 0.6) is 0 Å². The van der Waals surface area contributed by atoms with Crippen molar-refractivity contribution in [3.8, 4) is 0 Å². The Morgan fingerprint density at radius 1 is 1.04 bits per heavy atom. The summed E-state index contributed by atoms with van der Waals surface area (Å²) in [5, 5.41) is 0.522. The van der Waals surface area contributed by atoms with Gasteiger partial charge in [0.15, 0.2) is 5.43 Å². The van der Waals surface area contributed by atoms with Crippen molar-refractivity contribution in [3.05, 3.63) is 81.2 Å². The van der Waals surface area contributed by atoms with Crippen LogP contribution in [0, 0.1) is 6.92 Å². The highest BCUT2D eigenvalue weighted by Crippen LogP contribution is 2.38. The first kappa shape index (κ1) is 16.6. The van der Waals surface area contributed by atoms with Crippen molar-refractivity contribution >= 4 is 16.9 Å². The summed E-state index contributed by atoms with van der Waals surface area (Å²) in [5.41, 5.74) is 2.91. The van der Waals surface area contributed by atoms with Crippen LogP contribution < -0.4 is 5.43 Å². The molecule has 0 saturated heterocycles. The van der Waals surface area contributed by atoms with Gasteiger partial charge in [0.2, 0.25) is 5.76 Å². The minimum atomic E-state index is -0.384. The maximum Gasteiger partial charge on any atom is 0.290 e. The molecule has 1 aliphatic heterocycles. The van der Waals surface area contributed by atoms with Gasteiger partial charge in [-0.3, -0.25) is 9.59 Å². The van der Waals surface area contributed by atoms with E-state index >= 15 is 0 Å². The van der Waals surface area contributed by atoms with Crippen LogP contribution in [0.2, 0.25) is 0 Å². The summed E-state index contributed by atoms with van der Waals surface area (Å²) in [6.07, 6.45) is 1.86. The molecule has 4 nitrogen and oxygen atoms in total. The second kappa shape index (κ2) is 6.45. The monoisotopic (exact) mass is 347 g/mol. The number of amides is 1. The van der Waals surface area contributed by atoms with Gasteiger partial charge >= 0.3 is 0 Å². The lowest BCUT2D eigenvalue weighted by molar-refractivity contribution is 0.0725. The minimum Gasteiger partial charge on any atom is -0.450 e. The van der Waals surface area contributed by atoms with Crippen molar-refractivity contribution in [1.29, 1.82) is 0 Å². The molecule has 1 amide bonds. The van der Waals surface area contributed by atoms with Gasteiger partial charge in [0.1, 0.15) is 5.58 Å². The van der Waals surface area contributed by atoms with Crippen molar-refractivity contribution in [2.45, 2.75) is 32.7 Å². The predicted molar refractivity (Wildman–Crippen MR) is 101 cm³/mol. The summed E-state index contributed by atoms with van der Waals surface area (Å²) >= 11 is 0. The van der Waals surface area contributed by atoms with Crippen LogP contribution >= 0.6 is 0 Å². The number of fused-ring (bicyclic) bond motifs is 2. The maximum atomic E-state index is 13.2. The number of carbonyl (C=O) groups is 1. The Morgan fingerprint density at radius 3 is 2.50 bits per heavy atom. The Labute approximate surface area is 152 Å². The molecule has 0 spiro atoms. The molecule has 0 bridgehead atoms. The van der Waals surface area contributed by atoms with E-state index in [1.54, 1.807) is 17.0 Å². The quantitative estimate of drug-likeness (QED) is 0.701. The number of benzene rings is 2. The van der Waals surface area contributed by atoms with Gasteiger partial charge in [0, 0.05) is 6.54 Å². The molecule has 0 aliphatic carbocycles. The number of rotatable bonds is 4. The molecular formula is C22H21NO3. The highest BCUT2D eigenvalue weighted by atomic mass is 16.3. The summed E-state index contributed by atoms with van der Waals surface area (Å²) in [6.45, 7) is 4.72. The largest absolute Gasteiger partial charge is 0.450 e. The lowest BCUT2D eigenvalue weighted by atomic mass is 9.97. The fraction of sp³-hybridized carbons (Fsp3) is 0.273. The van der Waals surface area contributed by atoms with E-state index in [1.807, 2.05) is 43.3 Å². The molecule has 0 radical (unpaired) electrons. The first-order valence-corrected chi connectivity index (χ1v) is 9.05. The first-order valence-electron chi connectivity index (χ1n) is 9.05. The molecule has 0 N–H and O–H groups in total. The Morgan fingerprint density at radius 2 is 1.77 bits per heavy atom. The van der Waals surface area contributed by atoms with Crippen LogP contribution in [0.25, 0.3) is 11.0 Å². The van der Waals surface area contributed by atoms with E-state index in [0.29, 0.717) is 23.1 Å². The predicted octanol–water partition coefficient (Wildman–Crippen LogP) is 4.45. The van der Waals surface area contributed by atoms with Crippen molar-refractivity contribution in [2.24, 2.45) is 0 Å². The van der Waals surface area contributed by atoms with Gasteiger partial charge in [-0.15, -0.1) is 0 Å². The van der Waals surface area contributed by atoms with Crippen molar-refractivity contribution in [2.75, 3.05) is 6.54 Å². The molecule has 132 valence electrons. The summed E-state index contributed by atoms with van der Waals surface area (Å²) in [6, 6.07) is 14.8. The molecule has 0 fully saturated rings. The molecule has 3 aromatic rings. The summed E-state index contributed by atoms with van der Waals surface area (Å²) in [7, 11) is 0. The molecule has 1 aliphatic rings. The van der Waals surface area contributed by atoms with Gasteiger partial charge in [-0.1, -0.05) is 55.3 Å². The van der Waals surface area contributed by atoms with Gasteiger partial charge in [-0.05, 0) is 31.0 Å². The van der Waals surface area contributed by atoms with Crippen molar-refractivity contribution in [1.82, 2.24) is 4.90 Å². The number of para-hydroxylation sites is 1. The van der Waals surface area contributed by atoms with Gasteiger partial charge in [0.25, 0.3) is 5.91 Å². The van der Waals surface area contributed by atoms with Crippen molar-refractivity contribution in [3.63, 3.8) is 0 Å². The Hall–Kier alpha value is -2.88. The Bertz CT molecular complexity index is 1030. The van der Waals surface area contributed by atoms with Gasteiger partial charge in [-0.25, -0.2) is 0 Å². The second-order valence-electron chi connectivity index (χ2n) is 6.84. The normalized spacial score (nSPS) is 16.3. The topological polar surface area (TPSA) is 50.5 Å². The van der Waals surface area contributed by atoms with Crippen LogP contribution in [0.3, 0.4) is 0 Å². The highest BCUT2D eigenvalue weighted by molar-refractivity contribution is 5.99. The molecule has 4 rings (SSSR count). The number of nitrogens with zero attached hydrogens (tertiary/aromatic N) is 1. The zero-order valence-corrected chi connectivity index (χ0v) is 15.0. The highest BCUT2D eigenvalue weighted by Gasteiger charge is 2.42. The number of unbranched alkanes of at least 4 members (excludes halogenated alkanes) is 1. The third-order valence-electron chi connectivity index (χ3n) is 5.02. The lowest BCUT2D eigenvalue weighted by Gasteiger charge is -2.25. The van der Waals surface area contributed by atoms with E-state index in [1.165, 1.54) is 0 Å². The zero-order valence-electron chi connectivity index (χ0n) is 15.0. The van der Waals surface area contributed by atoms with Gasteiger partial charge in [-0.2, -0.15) is 0 Å². The average molecular weight is 347 g/mol. The van der Waals surface area contributed by atoms with Crippen LogP contribution in [0.1, 0.15) is 53.1 Å². The first-order chi connectivity index (χ1) is 12.6. The van der Waals surface area contributed by atoms with E-state index in [9.17, 15) is 9.59 Å². The number of hydrogen-bond donors (Lipinski definition) is 0. The molecule has 1 atom stereocenters. The fourth-order valence-corrected chi connectivity index (χ4v) is 3.62. The number of carbonyl (C=O) groups excluding carboxylic acids is 1. The van der Waals surface area contributed by atoms with E-state index in [4.69, 9.17) is 4.42 Å². The van der Waals surface area contributed by atoms with Crippen LogP contribution in [0.4, 0.5) is 0 Å². The molecule has 4 heteroatoms. The van der Waals surface area contributed by atoms with E-state index in [2.05, 4.69) is 6.92 Å². The second-order valence-corrected chi connectivity index (χ2v) is 6.84. The van der Waals surface area contributed by atoms with Crippen molar-refractivity contribution < 1.29 is 9.21 Å². The summed E-state index contributed by atoms with van der Waals surface area (Å²) in [4.78, 5) is 28.0. The Balaban J connectivity index is 1.96. The number of aryl methyl sites for hydroxylation is 1. The van der Waals surface area contributed by atoms with Crippen LogP contribution in [-0.4, -0.2) is 17.4 Å². The van der Waals surface area contributed by atoms with E-state index in [0.717, 1.165) is 24.0 Å². The zero-order chi connectivity index (χ0) is 18.3. The SMILES string of the molecule is CCCCN1C(=O)c2oc3ccccc3c(=O)c2[C@@H]1c1ccc(C)cc1. The Kier molecular flexibility index (Phi) is 4.11. The van der Waals surface area contributed by atoms with Crippen LogP contribution in [-0.2, 0) is 0 Å². The average Bonchev–Trinajstić information content (AvgIpc) is 2.93. The molecule has 26 heavy (non-hydrogen) atoms. The fourth-order valence-electron chi connectivity index (χ4n) is 3.62. The molecule has 1 aromatic heterocycles. The van der Waals surface area contributed by atoms with E-state index < -0.39 is 0 Å². The smallest absolute Gasteiger partial charge is 0.290 e. The molecular weight excluding hydrogens is 326 g/mol. The maximum absolute atomic E-state index is 13.2. The molecule has 0 saturated carbocycles. The van der Waals surface area contributed by atoms with E-state index in [-0.39, 0.29) is 23.1 Å². The molecule has 2 heterocycles. The summed E-state index contributed by atoms with van der Waals surface area (Å²) in [5.74, 6) is -0.00254. The van der Waals surface area contributed by atoms with Crippen LogP contribution in [0.15, 0.2) is 57.7 Å². The summed E-state index contributed by atoms with van der Waals surface area (Å²) < 4.78 is 5.89. The number of hydrogen-bond acceptors (Lipinski definition) is 3. The third kappa shape index (κ3) is 2.53. The molecule has 0 unspecified atom stereocenters. The van der Waals surface area contributed by atoms with Gasteiger partial charge in [0.05, 0.1) is 17.0 Å². The molecule has 2 aromatic carbocycles.